The van der Waals surface area contributed by atoms with E-state index in [-0.39, 0.29) is 17.7 Å². The largest absolute Gasteiger partial charge is 0.432 e. The Kier molecular flexibility index (Phi) is 8.34. The number of fused-ring (bicyclic) bond motifs is 1. The summed E-state index contributed by atoms with van der Waals surface area (Å²) in [4.78, 5) is 0. The van der Waals surface area contributed by atoms with Crippen molar-refractivity contribution >= 4 is 10.8 Å². The van der Waals surface area contributed by atoms with Crippen molar-refractivity contribution in [3.05, 3.63) is 100 Å². The molecule has 0 amide bonds. The molecule has 4 aromatic carbocycles. The first kappa shape index (κ1) is 30.7. The molecule has 1 heterocycles. The minimum Gasteiger partial charge on any atom is -0.429 e. The first-order valence-electron chi connectivity index (χ1n) is 13.2. The topological polar surface area (TPSA) is 18.5 Å². The van der Waals surface area contributed by atoms with E-state index in [1.165, 1.54) is 0 Å². The average Bonchev–Trinajstić information content (AvgIpc) is 2.94. The van der Waals surface area contributed by atoms with Gasteiger partial charge < -0.3 is 9.47 Å². The first-order chi connectivity index (χ1) is 20.3. The highest BCUT2D eigenvalue weighted by atomic mass is 19.3. The summed E-state index contributed by atoms with van der Waals surface area (Å²) in [5.41, 5.74) is -3.36. The fourth-order valence-corrected chi connectivity index (χ4v) is 5.34. The fraction of sp³-hybridized carbons (Fsp3) is 0.290. The summed E-state index contributed by atoms with van der Waals surface area (Å²) in [6, 6.07) is 4.11. The number of hydrogen-bond acceptors (Lipinski definition) is 2. The second-order valence-electron chi connectivity index (χ2n) is 10.3. The summed E-state index contributed by atoms with van der Waals surface area (Å²) in [6.45, 7) is 2.45. The molecule has 0 aliphatic carbocycles. The van der Waals surface area contributed by atoms with E-state index >= 15 is 8.78 Å². The highest BCUT2D eigenvalue weighted by molar-refractivity contribution is 5.85. The van der Waals surface area contributed by atoms with Gasteiger partial charge in [0.05, 0.1) is 18.3 Å². The Hall–Kier alpha value is -3.80. The van der Waals surface area contributed by atoms with Crippen molar-refractivity contribution in [2.45, 2.75) is 44.8 Å². The van der Waals surface area contributed by atoms with Gasteiger partial charge in [-0.2, -0.15) is 8.78 Å². The lowest BCUT2D eigenvalue weighted by Crippen LogP contribution is -2.25. The Morgan fingerprint density at radius 2 is 1.35 bits per heavy atom. The van der Waals surface area contributed by atoms with Crippen molar-refractivity contribution in [1.29, 1.82) is 0 Å². The minimum atomic E-state index is -4.80. The summed E-state index contributed by atoms with van der Waals surface area (Å²) in [5.74, 6) is -15.0. The summed E-state index contributed by atoms with van der Waals surface area (Å²) in [6.07, 6.45) is -2.17. The van der Waals surface area contributed by atoms with Crippen molar-refractivity contribution in [2.24, 2.45) is 5.92 Å². The summed E-state index contributed by atoms with van der Waals surface area (Å²) in [7, 11) is 0. The normalized spacial score (nSPS) is 17.5. The molecular formula is C31H22F10O2. The monoisotopic (exact) mass is 616 g/mol. The lowest BCUT2D eigenvalue weighted by atomic mass is 9.91. The van der Waals surface area contributed by atoms with E-state index in [4.69, 9.17) is 4.74 Å². The van der Waals surface area contributed by atoms with Crippen LogP contribution in [0.3, 0.4) is 0 Å². The lowest BCUT2D eigenvalue weighted by molar-refractivity contribution is -0.189. The van der Waals surface area contributed by atoms with Crippen LogP contribution >= 0.6 is 0 Å². The molecule has 1 saturated heterocycles. The van der Waals surface area contributed by atoms with E-state index in [2.05, 4.69) is 4.74 Å². The van der Waals surface area contributed by atoms with Gasteiger partial charge in [0, 0.05) is 10.8 Å². The second kappa shape index (κ2) is 11.7. The molecule has 0 spiro atoms. The minimum absolute atomic E-state index is 0.181. The molecule has 1 aliphatic heterocycles. The van der Waals surface area contributed by atoms with Gasteiger partial charge in [-0.3, -0.25) is 0 Å². The number of halogens is 10. The third-order valence-corrected chi connectivity index (χ3v) is 7.41. The quantitative estimate of drug-likeness (QED) is 0.117. The molecule has 2 atom stereocenters. The van der Waals surface area contributed by atoms with Gasteiger partial charge in [0.1, 0.15) is 34.6 Å². The van der Waals surface area contributed by atoms with Crippen LogP contribution in [0.2, 0.25) is 0 Å². The van der Waals surface area contributed by atoms with E-state index < -0.39 is 92.0 Å². The maximum absolute atomic E-state index is 15.1. The van der Waals surface area contributed by atoms with Crippen molar-refractivity contribution in [3.8, 4) is 16.9 Å². The Morgan fingerprint density at radius 3 is 1.91 bits per heavy atom. The third-order valence-electron chi connectivity index (χ3n) is 7.41. The zero-order valence-electron chi connectivity index (χ0n) is 22.3. The van der Waals surface area contributed by atoms with E-state index in [1.807, 2.05) is 6.92 Å². The molecule has 4 aromatic rings. The van der Waals surface area contributed by atoms with Gasteiger partial charge in [-0.1, -0.05) is 13.3 Å². The molecule has 1 fully saturated rings. The molecule has 0 N–H and O–H groups in total. The highest BCUT2D eigenvalue weighted by Gasteiger charge is 2.42. The van der Waals surface area contributed by atoms with Crippen LogP contribution in [-0.4, -0.2) is 6.61 Å². The molecule has 0 saturated carbocycles. The van der Waals surface area contributed by atoms with Gasteiger partial charge in [-0.05, 0) is 78.8 Å². The van der Waals surface area contributed by atoms with Crippen molar-refractivity contribution < 1.29 is 53.4 Å². The zero-order valence-corrected chi connectivity index (χ0v) is 22.3. The molecule has 2 unspecified atom stereocenters. The number of alkyl halides is 2. The van der Waals surface area contributed by atoms with Crippen molar-refractivity contribution in [3.63, 3.8) is 0 Å². The molecule has 0 aromatic heterocycles. The molecule has 43 heavy (non-hydrogen) atoms. The second-order valence-corrected chi connectivity index (χ2v) is 10.3. The number of ether oxygens (including phenoxy) is 2. The van der Waals surface area contributed by atoms with Crippen LogP contribution in [0.5, 0.6) is 5.75 Å². The number of hydrogen-bond donors (Lipinski definition) is 0. The molecule has 12 heteroatoms. The maximum atomic E-state index is 15.1. The molecule has 0 radical (unpaired) electrons. The zero-order chi connectivity index (χ0) is 31.2. The van der Waals surface area contributed by atoms with E-state index in [0.29, 0.717) is 37.1 Å². The molecule has 5 rings (SSSR count). The predicted molar refractivity (Wildman–Crippen MR) is 136 cm³/mol. The predicted octanol–water partition coefficient (Wildman–Crippen LogP) is 10.0. The Labute approximate surface area is 238 Å². The summed E-state index contributed by atoms with van der Waals surface area (Å²) >= 11 is 0. The van der Waals surface area contributed by atoms with Gasteiger partial charge in [0.15, 0.2) is 23.3 Å². The van der Waals surface area contributed by atoms with E-state index in [1.54, 1.807) is 0 Å². The maximum Gasteiger partial charge on any atom is 0.432 e. The Bertz CT molecular complexity index is 1650. The van der Waals surface area contributed by atoms with Crippen LogP contribution in [0.15, 0.2) is 42.5 Å². The summed E-state index contributed by atoms with van der Waals surface area (Å²) < 4.78 is 155. The number of rotatable bonds is 7. The molecule has 2 nitrogen and oxygen atoms in total. The Morgan fingerprint density at radius 1 is 0.744 bits per heavy atom. The van der Waals surface area contributed by atoms with Gasteiger partial charge in [0.25, 0.3) is 0 Å². The molecular weight excluding hydrogens is 594 g/mol. The standard InChI is InChI=1S/C31H22F10O2/c1-2-3-14-4-7-24(42-13-14)15-8-20(32)25(21(33)9-15)16-10-22(34)26(23(35)11-16)31(40,41)43-17-5-6-18-19(12-17)28(37)30(39)29(38)27(18)36/h5-6,8-12,14,24H,2-4,7,13H2,1H3. The van der Waals surface area contributed by atoms with Gasteiger partial charge in [0.2, 0.25) is 0 Å². The van der Waals surface area contributed by atoms with Gasteiger partial charge >= 0.3 is 6.11 Å². The van der Waals surface area contributed by atoms with Crippen molar-refractivity contribution in [1.82, 2.24) is 0 Å². The van der Waals surface area contributed by atoms with Gasteiger partial charge in [-0.25, -0.2) is 35.1 Å². The summed E-state index contributed by atoms with van der Waals surface area (Å²) in [5, 5.41) is -1.78. The van der Waals surface area contributed by atoms with E-state index in [9.17, 15) is 35.1 Å². The first-order valence-corrected chi connectivity index (χ1v) is 13.2. The SMILES string of the molecule is CCCC1CCC(c2cc(F)c(-c3cc(F)c(C(F)(F)Oc4ccc5c(F)c(F)c(F)c(F)c5c4)c(F)c3)c(F)c2)OC1. The smallest absolute Gasteiger partial charge is 0.429 e. The van der Waals surface area contributed by atoms with Crippen LogP contribution in [-0.2, 0) is 10.8 Å². The van der Waals surface area contributed by atoms with Crippen LogP contribution in [0.25, 0.3) is 21.9 Å². The third kappa shape index (κ3) is 5.76. The highest BCUT2D eigenvalue weighted by Crippen LogP contribution is 2.40. The number of benzene rings is 4. The molecule has 0 bridgehead atoms. The van der Waals surface area contributed by atoms with Crippen LogP contribution < -0.4 is 4.74 Å². The Balaban J connectivity index is 1.43. The fourth-order valence-electron chi connectivity index (χ4n) is 5.34. The van der Waals surface area contributed by atoms with Crippen LogP contribution in [0.1, 0.15) is 49.8 Å². The van der Waals surface area contributed by atoms with Crippen LogP contribution in [0.4, 0.5) is 43.9 Å². The average molecular weight is 616 g/mol. The van der Waals surface area contributed by atoms with Gasteiger partial charge in [-0.15, -0.1) is 0 Å². The van der Waals surface area contributed by atoms with Crippen LogP contribution in [0, 0.1) is 52.5 Å². The molecule has 1 aliphatic rings. The molecule has 228 valence electrons. The lowest BCUT2D eigenvalue weighted by Gasteiger charge is -2.29. The van der Waals surface area contributed by atoms with E-state index in [0.717, 1.165) is 31.4 Å². The van der Waals surface area contributed by atoms with Crippen molar-refractivity contribution in [2.75, 3.05) is 6.61 Å².